The Hall–Kier alpha value is -0.970. The molecule has 1 saturated heterocycles. The van der Waals surface area contributed by atoms with E-state index in [1.54, 1.807) is 12.1 Å². The first-order chi connectivity index (χ1) is 8.96. The van der Waals surface area contributed by atoms with Crippen molar-refractivity contribution >= 4 is 0 Å². The predicted molar refractivity (Wildman–Crippen MR) is 72.4 cm³/mol. The van der Waals surface area contributed by atoms with E-state index in [-0.39, 0.29) is 11.4 Å². The summed E-state index contributed by atoms with van der Waals surface area (Å²) in [5.41, 5.74) is 0.636. The van der Waals surface area contributed by atoms with Gasteiger partial charge in [0.15, 0.2) is 0 Å². The van der Waals surface area contributed by atoms with Crippen LogP contribution in [-0.2, 0) is 4.74 Å². The molecule has 1 aliphatic rings. The Bertz CT molecular complexity index is 405. The first kappa shape index (κ1) is 14.4. The molecule has 0 saturated carbocycles. The molecule has 1 fully saturated rings. The molecule has 1 aliphatic heterocycles. The van der Waals surface area contributed by atoms with Gasteiger partial charge in [0.2, 0.25) is 0 Å². The third-order valence-electron chi connectivity index (χ3n) is 3.55. The molecule has 2 atom stereocenters. The number of nitrogens with one attached hydrogen (secondary N) is 1. The minimum Gasteiger partial charge on any atom is -0.387 e. The molecule has 2 unspecified atom stereocenters. The van der Waals surface area contributed by atoms with Gasteiger partial charge < -0.3 is 15.2 Å². The maximum atomic E-state index is 12.8. The van der Waals surface area contributed by atoms with E-state index < -0.39 is 6.10 Å². The van der Waals surface area contributed by atoms with Gasteiger partial charge in [0.05, 0.1) is 11.7 Å². The standard InChI is InChI=1S/C15H22FNO2/c1-15(2)9-13(7-8-19-15)17-10-14(18)11-3-5-12(16)6-4-11/h3-6,13-14,17-18H,7-10H2,1-2H3. The Balaban J connectivity index is 1.83. The van der Waals surface area contributed by atoms with E-state index in [0.717, 1.165) is 25.0 Å². The van der Waals surface area contributed by atoms with Crippen LogP contribution in [0.2, 0.25) is 0 Å². The molecule has 0 amide bonds. The Morgan fingerprint density at radius 2 is 2.11 bits per heavy atom. The molecule has 2 rings (SSSR count). The second-order valence-corrected chi connectivity index (χ2v) is 5.77. The average molecular weight is 267 g/mol. The van der Waals surface area contributed by atoms with Gasteiger partial charge in [0.25, 0.3) is 0 Å². The van der Waals surface area contributed by atoms with Crippen LogP contribution in [0.4, 0.5) is 4.39 Å². The van der Waals surface area contributed by atoms with Crippen molar-refractivity contribution < 1.29 is 14.2 Å². The summed E-state index contributed by atoms with van der Waals surface area (Å²) >= 11 is 0. The fourth-order valence-corrected chi connectivity index (χ4v) is 2.49. The second kappa shape index (κ2) is 5.99. The second-order valence-electron chi connectivity index (χ2n) is 5.77. The largest absolute Gasteiger partial charge is 0.387 e. The van der Waals surface area contributed by atoms with Gasteiger partial charge in [-0.2, -0.15) is 0 Å². The van der Waals surface area contributed by atoms with Crippen LogP contribution < -0.4 is 5.32 Å². The van der Waals surface area contributed by atoms with Crippen LogP contribution in [-0.4, -0.2) is 29.9 Å². The Morgan fingerprint density at radius 3 is 2.74 bits per heavy atom. The summed E-state index contributed by atoms with van der Waals surface area (Å²) < 4.78 is 18.5. The molecule has 1 aromatic carbocycles. The van der Waals surface area contributed by atoms with Gasteiger partial charge in [0.1, 0.15) is 5.82 Å². The normalized spacial score (nSPS) is 24.1. The molecule has 0 bridgehead atoms. The van der Waals surface area contributed by atoms with Gasteiger partial charge in [-0.05, 0) is 44.4 Å². The van der Waals surface area contributed by atoms with Crippen LogP contribution in [0.25, 0.3) is 0 Å². The summed E-state index contributed by atoms with van der Waals surface area (Å²) in [7, 11) is 0. The monoisotopic (exact) mass is 267 g/mol. The zero-order valence-electron chi connectivity index (χ0n) is 11.5. The molecule has 0 aliphatic carbocycles. The van der Waals surface area contributed by atoms with Crippen LogP contribution in [0.5, 0.6) is 0 Å². The zero-order valence-corrected chi connectivity index (χ0v) is 11.5. The number of benzene rings is 1. The maximum Gasteiger partial charge on any atom is 0.123 e. The molecule has 3 nitrogen and oxygen atoms in total. The highest BCUT2D eigenvalue weighted by Crippen LogP contribution is 2.24. The number of hydrogen-bond acceptors (Lipinski definition) is 3. The molecule has 0 radical (unpaired) electrons. The highest BCUT2D eigenvalue weighted by Gasteiger charge is 2.28. The lowest BCUT2D eigenvalue weighted by atomic mass is 9.94. The lowest BCUT2D eigenvalue weighted by Crippen LogP contribution is -2.44. The van der Waals surface area contributed by atoms with Crippen molar-refractivity contribution in [1.29, 1.82) is 0 Å². The Kier molecular flexibility index (Phi) is 4.55. The molecule has 19 heavy (non-hydrogen) atoms. The van der Waals surface area contributed by atoms with Crippen LogP contribution in [0.3, 0.4) is 0 Å². The summed E-state index contributed by atoms with van der Waals surface area (Å²) in [6.45, 7) is 5.39. The topological polar surface area (TPSA) is 41.5 Å². The van der Waals surface area contributed by atoms with Crippen LogP contribution in [0, 0.1) is 5.82 Å². The van der Waals surface area contributed by atoms with E-state index in [1.165, 1.54) is 12.1 Å². The summed E-state index contributed by atoms with van der Waals surface area (Å²) in [6.07, 6.45) is 1.29. The third kappa shape index (κ3) is 4.27. The van der Waals surface area contributed by atoms with Gasteiger partial charge in [-0.1, -0.05) is 12.1 Å². The minimum atomic E-state index is -0.605. The first-order valence-electron chi connectivity index (χ1n) is 6.77. The Morgan fingerprint density at radius 1 is 1.42 bits per heavy atom. The van der Waals surface area contributed by atoms with Crippen molar-refractivity contribution in [1.82, 2.24) is 5.32 Å². The molecular weight excluding hydrogens is 245 g/mol. The van der Waals surface area contributed by atoms with Gasteiger partial charge in [-0.3, -0.25) is 0 Å². The Labute approximate surface area is 113 Å². The molecule has 1 heterocycles. The average Bonchev–Trinajstić information content (AvgIpc) is 2.36. The van der Waals surface area contributed by atoms with Gasteiger partial charge in [-0.15, -0.1) is 0 Å². The number of halogens is 1. The van der Waals surface area contributed by atoms with Crippen molar-refractivity contribution in [3.8, 4) is 0 Å². The molecular formula is C15H22FNO2. The SMILES string of the molecule is CC1(C)CC(NCC(O)c2ccc(F)cc2)CCO1. The number of aliphatic hydroxyl groups is 1. The highest BCUT2D eigenvalue weighted by atomic mass is 19.1. The summed E-state index contributed by atoms with van der Waals surface area (Å²) in [5.74, 6) is -0.282. The molecule has 106 valence electrons. The van der Waals surface area contributed by atoms with E-state index >= 15 is 0 Å². The van der Waals surface area contributed by atoms with Gasteiger partial charge >= 0.3 is 0 Å². The molecule has 4 heteroatoms. The van der Waals surface area contributed by atoms with Crippen molar-refractivity contribution in [3.05, 3.63) is 35.6 Å². The highest BCUT2D eigenvalue weighted by molar-refractivity contribution is 5.18. The van der Waals surface area contributed by atoms with Gasteiger partial charge in [-0.25, -0.2) is 4.39 Å². The molecule has 0 spiro atoms. The first-order valence-corrected chi connectivity index (χ1v) is 6.77. The van der Waals surface area contributed by atoms with Crippen molar-refractivity contribution in [2.24, 2.45) is 0 Å². The number of ether oxygens (including phenoxy) is 1. The maximum absolute atomic E-state index is 12.8. The summed E-state index contributed by atoms with van der Waals surface area (Å²) in [5, 5.41) is 13.4. The lowest BCUT2D eigenvalue weighted by molar-refractivity contribution is -0.0638. The van der Waals surface area contributed by atoms with Crippen molar-refractivity contribution in [3.63, 3.8) is 0 Å². The minimum absolute atomic E-state index is 0.100. The van der Waals surface area contributed by atoms with E-state index in [2.05, 4.69) is 19.2 Å². The molecule has 1 aromatic rings. The number of aliphatic hydroxyl groups excluding tert-OH is 1. The van der Waals surface area contributed by atoms with Crippen LogP contribution in [0.15, 0.2) is 24.3 Å². The van der Waals surface area contributed by atoms with Gasteiger partial charge in [0, 0.05) is 19.2 Å². The zero-order chi connectivity index (χ0) is 13.9. The van der Waals surface area contributed by atoms with E-state index in [1.807, 2.05) is 0 Å². The van der Waals surface area contributed by atoms with E-state index in [4.69, 9.17) is 4.74 Å². The van der Waals surface area contributed by atoms with Crippen molar-refractivity contribution in [2.45, 2.75) is 44.4 Å². The third-order valence-corrected chi connectivity index (χ3v) is 3.55. The van der Waals surface area contributed by atoms with Crippen LogP contribution in [0.1, 0.15) is 38.4 Å². The molecule has 2 N–H and O–H groups in total. The molecule has 0 aromatic heterocycles. The summed E-state index contributed by atoms with van der Waals surface area (Å²) in [4.78, 5) is 0. The van der Waals surface area contributed by atoms with E-state index in [9.17, 15) is 9.50 Å². The smallest absolute Gasteiger partial charge is 0.123 e. The fourth-order valence-electron chi connectivity index (χ4n) is 2.49. The predicted octanol–water partition coefficient (Wildman–Crippen LogP) is 2.41. The number of rotatable bonds is 4. The van der Waals surface area contributed by atoms with Crippen LogP contribution >= 0.6 is 0 Å². The fraction of sp³-hybridized carbons (Fsp3) is 0.600. The van der Waals surface area contributed by atoms with E-state index in [0.29, 0.717) is 12.6 Å². The quantitative estimate of drug-likeness (QED) is 0.880. The lowest BCUT2D eigenvalue weighted by Gasteiger charge is -2.36. The summed E-state index contributed by atoms with van der Waals surface area (Å²) in [6, 6.07) is 6.34. The number of hydrogen-bond donors (Lipinski definition) is 2. The van der Waals surface area contributed by atoms with Crippen molar-refractivity contribution in [2.75, 3.05) is 13.2 Å².